The van der Waals surface area contributed by atoms with Crippen LogP contribution in [0.2, 0.25) is 0 Å². The minimum absolute atomic E-state index is 0.260. The Morgan fingerprint density at radius 2 is 1.12 bits per heavy atom. The van der Waals surface area contributed by atoms with Crippen molar-refractivity contribution in [3.05, 3.63) is 82.9 Å². The van der Waals surface area contributed by atoms with E-state index in [4.69, 9.17) is 5.84 Å². The van der Waals surface area contributed by atoms with Crippen LogP contribution in [0.25, 0.3) is 22.3 Å². The average Bonchev–Trinajstić information content (AvgIpc) is 2.63. The number of carbonyl (C=O) groups is 1. The van der Waals surface area contributed by atoms with E-state index in [9.17, 15) is 4.79 Å². The van der Waals surface area contributed by atoms with E-state index in [1.165, 1.54) is 5.56 Å². The second kappa shape index (κ2) is 6.91. The Hall–Kier alpha value is -2.91. The van der Waals surface area contributed by atoms with E-state index in [0.717, 1.165) is 33.4 Å². The second-order valence-electron chi connectivity index (χ2n) is 6.21. The van der Waals surface area contributed by atoms with Crippen LogP contribution in [0.5, 0.6) is 0 Å². The van der Waals surface area contributed by atoms with Gasteiger partial charge < -0.3 is 0 Å². The molecule has 0 saturated heterocycles. The van der Waals surface area contributed by atoms with E-state index in [-0.39, 0.29) is 5.91 Å². The van der Waals surface area contributed by atoms with Gasteiger partial charge >= 0.3 is 0 Å². The molecule has 0 unspecified atom stereocenters. The fourth-order valence-corrected chi connectivity index (χ4v) is 3.71. The lowest BCUT2D eigenvalue weighted by molar-refractivity contribution is 0.0952. The van der Waals surface area contributed by atoms with Crippen molar-refractivity contribution in [1.82, 2.24) is 5.43 Å². The largest absolute Gasteiger partial charge is 0.290 e. The van der Waals surface area contributed by atoms with Gasteiger partial charge in [-0.2, -0.15) is 0 Å². The van der Waals surface area contributed by atoms with Crippen LogP contribution in [-0.2, 0) is 0 Å². The van der Waals surface area contributed by atoms with Gasteiger partial charge in [-0.25, -0.2) is 5.84 Å². The van der Waals surface area contributed by atoms with E-state index < -0.39 is 0 Å². The van der Waals surface area contributed by atoms with E-state index in [1.807, 2.05) is 50.2 Å². The van der Waals surface area contributed by atoms with Gasteiger partial charge in [0, 0.05) is 5.56 Å². The molecule has 3 aromatic carbocycles. The van der Waals surface area contributed by atoms with Crippen molar-refractivity contribution in [2.24, 2.45) is 5.84 Å². The maximum Gasteiger partial charge on any atom is 0.265 e. The summed E-state index contributed by atoms with van der Waals surface area (Å²) in [6, 6.07) is 20.3. The topological polar surface area (TPSA) is 55.1 Å². The molecule has 0 fully saturated rings. The Balaban J connectivity index is 2.42. The van der Waals surface area contributed by atoms with Crippen LogP contribution in [0.3, 0.4) is 0 Å². The van der Waals surface area contributed by atoms with Gasteiger partial charge in [-0.3, -0.25) is 10.2 Å². The molecule has 126 valence electrons. The number of hydrogen-bond donors (Lipinski definition) is 2. The van der Waals surface area contributed by atoms with Crippen LogP contribution < -0.4 is 11.3 Å². The van der Waals surface area contributed by atoms with Crippen molar-refractivity contribution in [2.45, 2.75) is 20.8 Å². The predicted octanol–water partition coefficient (Wildman–Crippen LogP) is 4.55. The molecule has 3 heteroatoms. The minimum Gasteiger partial charge on any atom is -0.290 e. The molecule has 3 aromatic rings. The Morgan fingerprint density at radius 3 is 1.48 bits per heavy atom. The number of carbonyl (C=O) groups excluding carboxylic acids is 1. The first-order valence-electron chi connectivity index (χ1n) is 8.31. The van der Waals surface area contributed by atoms with Crippen molar-refractivity contribution in [1.29, 1.82) is 0 Å². The smallest absolute Gasteiger partial charge is 0.265 e. The quantitative estimate of drug-likeness (QED) is 0.420. The van der Waals surface area contributed by atoms with Crippen LogP contribution in [0.15, 0.2) is 60.7 Å². The summed E-state index contributed by atoms with van der Waals surface area (Å²) in [6.45, 7) is 6.10. The van der Waals surface area contributed by atoms with E-state index in [0.29, 0.717) is 5.56 Å². The molecule has 3 rings (SSSR count). The Morgan fingerprint density at radius 1 is 0.720 bits per heavy atom. The van der Waals surface area contributed by atoms with Crippen LogP contribution in [-0.4, -0.2) is 5.91 Å². The van der Waals surface area contributed by atoms with Gasteiger partial charge in [0.15, 0.2) is 0 Å². The van der Waals surface area contributed by atoms with Gasteiger partial charge in [0.2, 0.25) is 0 Å². The molecule has 3 N–H and O–H groups in total. The third-order valence-corrected chi connectivity index (χ3v) is 4.73. The molecule has 0 heterocycles. The highest BCUT2D eigenvalue weighted by Crippen LogP contribution is 2.39. The van der Waals surface area contributed by atoms with Crippen LogP contribution in [0.1, 0.15) is 27.0 Å². The van der Waals surface area contributed by atoms with Gasteiger partial charge in [0.1, 0.15) is 0 Å². The molecule has 0 aromatic heterocycles. The van der Waals surface area contributed by atoms with Crippen LogP contribution in [0, 0.1) is 20.8 Å². The molecule has 0 aliphatic carbocycles. The summed E-state index contributed by atoms with van der Waals surface area (Å²) < 4.78 is 0. The lowest BCUT2D eigenvalue weighted by Crippen LogP contribution is -2.31. The molecule has 0 aliphatic heterocycles. The summed E-state index contributed by atoms with van der Waals surface area (Å²) in [5, 5.41) is 0. The Labute approximate surface area is 148 Å². The normalized spacial score (nSPS) is 10.6. The molecule has 0 aliphatic rings. The fourth-order valence-electron chi connectivity index (χ4n) is 3.71. The van der Waals surface area contributed by atoms with Crippen molar-refractivity contribution in [2.75, 3.05) is 0 Å². The van der Waals surface area contributed by atoms with Crippen molar-refractivity contribution in [3.8, 4) is 22.3 Å². The molecule has 1 amide bonds. The number of benzene rings is 3. The first-order valence-corrected chi connectivity index (χ1v) is 8.31. The van der Waals surface area contributed by atoms with Gasteiger partial charge in [-0.05, 0) is 59.7 Å². The highest BCUT2D eigenvalue weighted by molar-refractivity contribution is 6.02. The first kappa shape index (κ1) is 16.9. The SMILES string of the molecule is Cc1c(C(=O)NN)c(C)c(-c2ccccc2)c(C)c1-c1ccccc1. The monoisotopic (exact) mass is 330 g/mol. The van der Waals surface area contributed by atoms with Crippen LogP contribution >= 0.6 is 0 Å². The van der Waals surface area contributed by atoms with Gasteiger partial charge in [-0.1, -0.05) is 60.7 Å². The maximum absolute atomic E-state index is 12.5. The zero-order valence-corrected chi connectivity index (χ0v) is 14.8. The molecule has 0 atom stereocenters. The highest BCUT2D eigenvalue weighted by Gasteiger charge is 2.22. The van der Waals surface area contributed by atoms with Crippen LogP contribution in [0.4, 0.5) is 0 Å². The lowest BCUT2D eigenvalue weighted by atomic mass is 9.82. The number of nitrogens with one attached hydrogen (secondary N) is 1. The van der Waals surface area contributed by atoms with Gasteiger partial charge in [-0.15, -0.1) is 0 Å². The molecule has 3 nitrogen and oxygen atoms in total. The Kier molecular flexibility index (Phi) is 4.68. The van der Waals surface area contributed by atoms with E-state index >= 15 is 0 Å². The summed E-state index contributed by atoms with van der Waals surface area (Å²) in [7, 11) is 0. The number of hydrazine groups is 1. The summed E-state index contributed by atoms with van der Waals surface area (Å²) in [6.07, 6.45) is 0. The summed E-state index contributed by atoms with van der Waals surface area (Å²) in [5.74, 6) is 5.20. The molecular formula is C22H22N2O. The van der Waals surface area contributed by atoms with E-state index in [2.05, 4.69) is 36.6 Å². The molecule has 25 heavy (non-hydrogen) atoms. The highest BCUT2D eigenvalue weighted by atomic mass is 16.2. The standard InChI is InChI=1S/C22H22N2O/c1-14-19(17-10-6-4-7-11-17)15(2)21(22(25)24-23)16(3)20(14)18-12-8-5-9-13-18/h4-13H,23H2,1-3H3,(H,24,25). The first-order chi connectivity index (χ1) is 12.1. The average molecular weight is 330 g/mol. The number of hydrogen-bond acceptors (Lipinski definition) is 2. The molecular weight excluding hydrogens is 308 g/mol. The minimum atomic E-state index is -0.260. The second-order valence-corrected chi connectivity index (χ2v) is 6.21. The van der Waals surface area contributed by atoms with Gasteiger partial charge in [0.25, 0.3) is 5.91 Å². The zero-order chi connectivity index (χ0) is 18.0. The fraction of sp³-hybridized carbons (Fsp3) is 0.136. The number of amides is 1. The Bertz CT molecular complexity index is 849. The number of nitrogens with two attached hydrogens (primary N) is 1. The zero-order valence-electron chi connectivity index (χ0n) is 14.8. The summed E-state index contributed by atoms with van der Waals surface area (Å²) in [4.78, 5) is 12.5. The third kappa shape index (κ3) is 2.94. The molecule has 0 radical (unpaired) electrons. The van der Waals surface area contributed by atoms with Crippen molar-refractivity contribution >= 4 is 5.91 Å². The van der Waals surface area contributed by atoms with Gasteiger partial charge in [0.05, 0.1) is 0 Å². The third-order valence-electron chi connectivity index (χ3n) is 4.73. The predicted molar refractivity (Wildman–Crippen MR) is 103 cm³/mol. The molecule has 0 bridgehead atoms. The summed E-state index contributed by atoms with van der Waals surface area (Å²) >= 11 is 0. The maximum atomic E-state index is 12.5. The number of rotatable bonds is 3. The molecule has 0 saturated carbocycles. The van der Waals surface area contributed by atoms with Crippen molar-refractivity contribution in [3.63, 3.8) is 0 Å². The molecule has 0 spiro atoms. The number of nitrogen functional groups attached to an aromatic ring is 1. The van der Waals surface area contributed by atoms with E-state index in [1.54, 1.807) is 0 Å². The lowest BCUT2D eigenvalue weighted by Gasteiger charge is -2.22. The summed E-state index contributed by atoms with van der Waals surface area (Å²) in [5.41, 5.74) is 10.4. The van der Waals surface area contributed by atoms with Crippen molar-refractivity contribution < 1.29 is 4.79 Å².